The third-order valence-electron chi connectivity index (χ3n) is 4.78. The molecular weight excluding hydrogens is 390 g/mol. The van der Waals surface area contributed by atoms with E-state index in [4.69, 9.17) is 5.21 Å². The molecule has 2 N–H and O–H groups in total. The Morgan fingerprint density at radius 3 is 2.21 bits per heavy atom. The molecule has 0 unspecified atom stereocenters. The maximum absolute atomic E-state index is 12.5. The highest BCUT2D eigenvalue weighted by molar-refractivity contribution is 5.92. The molecule has 0 radical (unpaired) electrons. The molecule has 0 atom stereocenters. The first kappa shape index (κ1) is 22.3. The first-order valence-electron chi connectivity index (χ1n) is 9.27. The molecular formula is C22H24ClN3O3. The zero-order chi connectivity index (χ0) is 19.8. The van der Waals surface area contributed by atoms with E-state index in [2.05, 4.69) is 29.2 Å². The number of hydrogen-bond donors (Lipinski definition) is 2. The third-order valence-corrected chi connectivity index (χ3v) is 4.78. The topological polar surface area (TPSA) is 82.5 Å². The summed E-state index contributed by atoms with van der Waals surface area (Å²) in [5, 5.41) is 8.49. The molecule has 1 aromatic heterocycles. The highest BCUT2D eigenvalue weighted by Crippen LogP contribution is 2.27. The van der Waals surface area contributed by atoms with Crippen LogP contribution < -0.4 is 5.48 Å². The van der Waals surface area contributed by atoms with E-state index >= 15 is 0 Å². The van der Waals surface area contributed by atoms with Crippen molar-refractivity contribution < 1.29 is 14.8 Å². The van der Waals surface area contributed by atoms with E-state index < -0.39 is 5.91 Å². The van der Waals surface area contributed by atoms with Crippen molar-refractivity contribution in [2.24, 2.45) is 0 Å². The number of benzene rings is 1. The second-order valence-electron chi connectivity index (χ2n) is 6.64. The van der Waals surface area contributed by atoms with Crippen molar-refractivity contribution in [2.45, 2.75) is 18.8 Å². The van der Waals surface area contributed by atoms with E-state index in [0.29, 0.717) is 17.3 Å². The summed E-state index contributed by atoms with van der Waals surface area (Å²) in [4.78, 5) is 29.7. The van der Waals surface area contributed by atoms with E-state index in [1.807, 2.05) is 11.0 Å². The van der Waals surface area contributed by atoms with Gasteiger partial charge in [-0.25, -0.2) is 10.5 Å². The van der Waals surface area contributed by atoms with Crippen LogP contribution in [-0.2, 0) is 9.59 Å². The number of hydrogen-bond acceptors (Lipinski definition) is 4. The zero-order valence-electron chi connectivity index (χ0n) is 15.9. The van der Waals surface area contributed by atoms with Crippen LogP contribution in [0.4, 0.5) is 0 Å². The largest absolute Gasteiger partial charge is 0.339 e. The fourth-order valence-corrected chi connectivity index (χ4v) is 3.27. The van der Waals surface area contributed by atoms with E-state index in [0.717, 1.165) is 25.9 Å². The summed E-state index contributed by atoms with van der Waals surface area (Å²) in [6.45, 7) is 1.49. The molecule has 1 aliphatic heterocycles. The van der Waals surface area contributed by atoms with Gasteiger partial charge in [0, 0.05) is 25.2 Å². The minimum atomic E-state index is -0.628. The molecule has 0 aliphatic carbocycles. The van der Waals surface area contributed by atoms with Crippen LogP contribution in [0, 0.1) is 0 Å². The van der Waals surface area contributed by atoms with Crippen LogP contribution in [0.2, 0.25) is 0 Å². The molecule has 3 rings (SSSR count). The number of piperidine rings is 1. The highest BCUT2D eigenvalue weighted by Gasteiger charge is 2.22. The number of carbonyl (C=O) groups excluding carboxylic acids is 2. The molecule has 0 saturated carbocycles. The quantitative estimate of drug-likeness (QED) is 0.447. The molecule has 2 amide bonds. The molecule has 6 nitrogen and oxygen atoms in total. The standard InChI is InChI=1S/C22H23N3O3.ClH/c26-21(24-28)11-9-19-7-4-8-20(23-19)10-12-22(27)25-15-13-18(14-16-25)17-5-2-1-3-6-17;/h1-12,18,28H,13-16H2,(H,24,26);1H/b11-9+,12-10+;. The lowest BCUT2D eigenvalue weighted by Crippen LogP contribution is -2.36. The van der Waals surface area contributed by atoms with Crippen LogP contribution in [0.15, 0.2) is 60.7 Å². The molecule has 7 heteroatoms. The van der Waals surface area contributed by atoms with E-state index in [9.17, 15) is 9.59 Å². The van der Waals surface area contributed by atoms with Crippen molar-refractivity contribution >= 4 is 36.4 Å². The van der Waals surface area contributed by atoms with Gasteiger partial charge in [0.25, 0.3) is 5.91 Å². The number of halogens is 1. The van der Waals surface area contributed by atoms with Crippen LogP contribution in [0.25, 0.3) is 12.2 Å². The highest BCUT2D eigenvalue weighted by atomic mass is 35.5. The fourth-order valence-electron chi connectivity index (χ4n) is 3.27. The van der Waals surface area contributed by atoms with Crippen LogP contribution in [0.3, 0.4) is 0 Å². The second-order valence-corrected chi connectivity index (χ2v) is 6.64. The van der Waals surface area contributed by atoms with Crippen LogP contribution in [-0.4, -0.2) is 40.0 Å². The van der Waals surface area contributed by atoms with Crippen molar-refractivity contribution in [1.29, 1.82) is 0 Å². The van der Waals surface area contributed by atoms with Crippen LogP contribution in [0.5, 0.6) is 0 Å². The molecule has 2 heterocycles. The minimum Gasteiger partial charge on any atom is -0.339 e. The summed E-state index contributed by atoms with van der Waals surface area (Å²) in [5.41, 5.74) is 4.05. The molecule has 0 bridgehead atoms. The molecule has 0 spiro atoms. The van der Waals surface area contributed by atoms with Crippen LogP contribution >= 0.6 is 12.4 Å². The third kappa shape index (κ3) is 6.55. The number of aromatic nitrogens is 1. The fraction of sp³-hybridized carbons (Fsp3) is 0.227. The monoisotopic (exact) mass is 413 g/mol. The predicted octanol–water partition coefficient (Wildman–Crippen LogP) is 3.44. The first-order chi connectivity index (χ1) is 13.7. The van der Waals surface area contributed by atoms with Gasteiger partial charge in [0.1, 0.15) is 0 Å². The van der Waals surface area contributed by atoms with Crippen molar-refractivity contribution in [3.05, 3.63) is 77.6 Å². The lowest BCUT2D eigenvalue weighted by Gasteiger charge is -2.31. The Morgan fingerprint density at radius 1 is 0.966 bits per heavy atom. The van der Waals surface area contributed by atoms with E-state index in [1.54, 1.807) is 30.4 Å². The van der Waals surface area contributed by atoms with Gasteiger partial charge in [-0.3, -0.25) is 14.8 Å². The summed E-state index contributed by atoms with van der Waals surface area (Å²) < 4.78 is 0. The molecule has 29 heavy (non-hydrogen) atoms. The zero-order valence-corrected chi connectivity index (χ0v) is 16.7. The number of hydroxylamine groups is 1. The van der Waals surface area contributed by atoms with E-state index in [1.165, 1.54) is 23.2 Å². The number of amides is 2. The number of likely N-dealkylation sites (tertiary alicyclic amines) is 1. The Kier molecular flexibility index (Phi) is 8.58. The van der Waals surface area contributed by atoms with Gasteiger partial charge in [-0.2, -0.15) is 0 Å². The maximum Gasteiger partial charge on any atom is 0.267 e. The molecule has 2 aromatic rings. The number of pyridine rings is 1. The summed E-state index contributed by atoms with van der Waals surface area (Å²) in [6.07, 6.45) is 7.81. The summed E-state index contributed by atoms with van der Waals surface area (Å²) in [6, 6.07) is 15.7. The van der Waals surface area contributed by atoms with Gasteiger partial charge in [0.2, 0.25) is 5.91 Å². The van der Waals surface area contributed by atoms with Gasteiger partial charge < -0.3 is 4.90 Å². The Morgan fingerprint density at radius 2 is 1.59 bits per heavy atom. The van der Waals surface area contributed by atoms with Gasteiger partial charge in [-0.05, 0) is 48.6 Å². The molecule has 1 saturated heterocycles. The Labute approximate surface area is 176 Å². The SMILES string of the molecule is Cl.O=C(/C=C/c1cccc(/C=C/C(=O)N2CCC(c3ccccc3)CC2)n1)NO. The number of nitrogens with one attached hydrogen (secondary N) is 1. The number of carbonyl (C=O) groups is 2. The van der Waals surface area contributed by atoms with Crippen molar-refractivity contribution in [1.82, 2.24) is 15.4 Å². The van der Waals surface area contributed by atoms with Gasteiger partial charge in [0.05, 0.1) is 11.4 Å². The van der Waals surface area contributed by atoms with Crippen molar-refractivity contribution in [3.63, 3.8) is 0 Å². The van der Waals surface area contributed by atoms with E-state index in [-0.39, 0.29) is 18.3 Å². The smallest absolute Gasteiger partial charge is 0.267 e. The average Bonchev–Trinajstić information content (AvgIpc) is 2.76. The van der Waals surface area contributed by atoms with Crippen molar-refractivity contribution in [2.75, 3.05) is 13.1 Å². The summed E-state index contributed by atoms with van der Waals surface area (Å²) in [7, 11) is 0. The second kappa shape index (κ2) is 11.1. The number of rotatable bonds is 5. The lowest BCUT2D eigenvalue weighted by molar-refractivity contribution is -0.127. The number of nitrogens with zero attached hydrogens (tertiary/aromatic N) is 2. The van der Waals surface area contributed by atoms with Gasteiger partial charge in [0.15, 0.2) is 0 Å². The molecule has 1 aliphatic rings. The predicted molar refractivity (Wildman–Crippen MR) is 114 cm³/mol. The Hall–Kier alpha value is -2.96. The van der Waals surface area contributed by atoms with Gasteiger partial charge in [-0.1, -0.05) is 36.4 Å². The average molecular weight is 414 g/mol. The summed E-state index contributed by atoms with van der Waals surface area (Å²) in [5.74, 6) is -0.138. The van der Waals surface area contributed by atoms with Crippen LogP contribution in [0.1, 0.15) is 35.7 Å². The molecule has 152 valence electrons. The maximum atomic E-state index is 12.5. The minimum absolute atomic E-state index is 0. The van der Waals surface area contributed by atoms with Crippen molar-refractivity contribution in [3.8, 4) is 0 Å². The molecule has 1 aromatic carbocycles. The normalized spacial score (nSPS) is 14.7. The summed E-state index contributed by atoms with van der Waals surface area (Å²) >= 11 is 0. The first-order valence-corrected chi connectivity index (χ1v) is 9.27. The lowest BCUT2D eigenvalue weighted by atomic mass is 9.89. The molecule has 1 fully saturated rings. The van der Waals surface area contributed by atoms with Gasteiger partial charge in [-0.15, -0.1) is 12.4 Å². The van der Waals surface area contributed by atoms with Gasteiger partial charge >= 0.3 is 0 Å². The Balaban J connectivity index is 0.00000300. The Bertz CT molecular complexity index is 876.